The van der Waals surface area contributed by atoms with Gasteiger partial charge in [-0.25, -0.2) is 9.18 Å². The molecule has 4 rings (SSSR count). The minimum Gasteiger partial charge on any atom is -0.338 e. The van der Waals surface area contributed by atoms with Crippen molar-refractivity contribution < 1.29 is 14.0 Å². The summed E-state index contributed by atoms with van der Waals surface area (Å²) in [7, 11) is 1.68. The van der Waals surface area contributed by atoms with Gasteiger partial charge in [0.15, 0.2) is 0 Å². The number of carbonyl (C=O) groups is 2. The largest absolute Gasteiger partial charge is 0.338 e. The van der Waals surface area contributed by atoms with Crippen molar-refractivity contribution in [3.8, 4) is 0 Å². The van der Waals surface area contributed by atoms with Gasteiger partial charge in [-0.2, -0.15) is 0 Å². The first-order valence-corrected chi connectivity index (χ1v) is 9.91. The first-order chi connectivity index (χ1) is 14.4. The zero-order valence-corrected chi connectivity index (χ0v) is 17.1. The SMILES string of the molecule is Cn1c(=O)n(CC(=O)N2CCN(C(=O)c3ccc(F)cc3Cl)CC2)c2ccccc21. The van der Waals surface area contributed by atoms with E-state index in [9.17, 15) is 18.8 Å². The third kappa shape index (κ3) is 3.59. The van der Waals surface area contributed by atoms with Crippen molar-refractivity contribution in [2.24, 2.45) is 7.05 Å². The molecule has 0 aliphatic carbocycles. The molecule has 3 aromatic rings. The molecule has 0 atom stereocenters. The summed E-state index contributed by atoms with van der Waals surface area (Å²) in [5, 5.41) is 0.0637. The third-order valence-electron chi connectivity index (χ3n) is 5.43. The van der Waals surface area contributed by atoms with Gasteiger partial charge in [0, 0.05) is 33.2 Å². The second-order valence-electron chi connectivity index (χ2n) is 7.21. The monoisotopic (exact) mass is 430 g/mol. The van der Waals surface area contributed by atoms with Gasteiger partial charge in [-0.15, -0.1) is 0 Å². The van der Waals surface area contributed by atoms with Crippen LogP contribution in [-0.4, -0.2) is 56.9 Å². The molecule has 0 saturated carbocycles. The second-order valence-corrected chi connectivity index (χ2v) is 7.62. The van der Waals surface area contributed by atoms with Crippen LogP contribution in [0.15, 0.2) is 47.3 Å². The standard InChI is InChI=1S/C21H20ClFN4O3/c1-24-17-4-2-3-5-18(17)27(21(24)30)13-19(28)25-8-10-26(11-9-25)20(29)15-7-6-14(23)12-16(15)22/h2-7,12H,8-11,13H2,1H3. The average molecular weight is 431 g/mol. The molecule has 0 bridgehead atoms. The van der Waals surface area contributed by atoms with Crippen LogP contribution in [0.25, 0.3) is 11.0 Å². The Balaban J connectivity index is 1.43. The van der Waals surface area contributed by atoms with Gasteiger partial charge in [0.05, 0.1) is 21.6 Å². The Bertz CT molecular complexity index is 1190. The number of rotatable bonds is 3. The summed E-state index contributed by atoms with van der Waals surface area (Å²) in [4.78, 5) is 41.2. The number of fused-ring (bicyclic) bond motifs is 1. The Morgan fingerprint density at radius 2 is 1.63 bits per heavy atom. The molecule has 2 amide bonds. The number of nitrogens with zero attached hydrogens (tertiary/aromatic N) is 4. The van der Waals surface area contributed by atoms with Crippen LogP contribution in [0.2, 0.25) is 5.02 Å². The normalized spacial score (nSPS) is 14.4. The highest BCUT2D eigenvalue weighted by atomic mass is 35.5. The van der Waals surface area contributed by atoms with Gasteiger partial charge in [0.1, 0.15) is 12.4 Å². The van der Waals surface area contributed by atoms with Crippen LogP contribution in [0.4, 0.5) is 4.39 Å². The molecule has 2 heterocycles. The van der Waals surface area contributed by atoms with Crippen molar-refractivity contribution in [1.82, 2.24) is 18.9 Å². The van der Waals surface area contributed by atoms with Gasteiger partial charge >= 0.3 is 5.69 Å². The lowest BCUT2D eigenvalue weighted by molar-refractivity contribution is -0.133. The van der Waals surface area contributed by atoms with Crippen LogP contribution in [0.3, 0.4) is 0 Å². The minimum atomic E-state index is -0.504. The van der Waals surface area contributed by atoms with Crippen molar-refractivity contribution in [3.63, 3.8) is 0 Å². The lowest BCUT2D eigenvalue weighted by atomic mass is 10.1. The van der Waals surface area contributed by atoms with E-state index in [1.165, 1.54) is 21.3 Å². The van der Waals surface area contributed by atoms with Gasteiger partial charge < -0.3 is 9.80 Å². The number of hydrogen-bond acceptors (Lipinski definition) is 3. The van der Waals surface area contributed by atoms with Crippen molar-refractivity contribution in [2.45, 2.75) is 6.54 Å². The molecule has 1 aliphatic heterocycles. The Labute approximate surface area is 176 Å². The number of para-hydroxylation sites is 2. The summed E-state index contributed by atoms with van der Waals surface area (Å²) >= 11 is 5.99. The Kier molecular flexibility index (Phi) is 5.34. The van der Waals surface area contributed by atoms with Crippen LogP contribution in [0.5, 0.6) is 0 Å². The molecule has 7 nitrogen and oxygen atoms in total. The van der Waals surface area contributed by atoms with E-state index in [-0.39, 0.29) is 34.6 Å². The Hall–Kier alpha value is -3.13. The molecule has 1 aromatic heterocycles. The number of piperazine rings is 1. The van der Waals surface area contributed by atoms with Crippen molar-refractivity contribution in [3.05, 3.63) is 69.4 Å². The zero-order chi connectivity index (χ0) is 21.4. The molecule has 1 saturated heterocycles. The molecule has 9 heteroatoms. The fraction of sp³-hybridized carbons (Fsp3) is 0.286. The van der Waals surface area contributed by atoms with Crippen LogP contribution < -0.4 is 5.69 Å². The highest BCUT2D eigenvalue weighted by Gasteiger charge is 2.27. The minimum absolute atomic E-state index is 0.0576. The number of imidazole rings is 1. The highest BCUT2D eigenvalue weighted by molar-refractivity contribution is 6.33. The maximum absolute atomic E-state index is 13.2. The predicted octanol–water partition coefficient (Wildman–Crippen LogP) is 2.12. The lowest BCUT2D eigenvalue weighted by Crippen LogP contribution is -2.51. The van der Waals surface area contributed by atoms with E-state index in [4.69, 9.17) is 11.6 Å². The number of aromatic nitrogens is 2. The van der Waals surface area contributed by atoms with E-state index >= 15 is 0 Å². The third-order valence-corrected chi connectivity index (χ3v) is 5.74. The lowest BCUT2D eigenvalue weighted by Gasteiger charge is -2.35. The first kappa shape index (κ1) is 20.2. The molecule has 0 unspecified atom stereocenters. The van der Waals surface area contributed by atoms with E-state index in [0.29, 0.717) is 31.7 Å². The maximum Gasteiger partial charge on any atom is 0.329 e. The molecule has 0 spiro atoms. The number of hydrogen-bond donors (Lipinski definition) is 0. The van der Waals surface area contributed by atoms with E-state index in [2.05, 4.69) is 0 Å². The molecule has 1 fully saturated rings. The average Bonchev–Trinajstić information content (AvgIpc) is 2.98. The maximum atomic E-state index is 13.2. The quantitative estimate of drug-likeness (QED) is 0.639. The van der Waals surface area contributed by atoms with Crippen molar-refractivity contribution >= 4 is 34.4 Å². The molecule has 1 aliphatic rings. The fourth-order valence-electron chi connectivity index (χ4n) is 3.74. The smallest absolute Gasteiger partial charge is 0.329 e. The number of aryl methyl sites for hydroxylation is 1. The molecule has 30 heavy (non-hydrogen) atoms. The number of carbonyl (C=O) groups excluding carboxylic acids is 2. The molecular weight excluding hydrogens is 411 g/mol. The molecule has 0 N–H and O–H groups in total. The van der Waals surface area contributed by atoms with E-state index in [1.807, 2.05) is 24.3 Å². The highest BCUT2D eigenvalue weighted by Crippen LogP contribution is 2.20. The zero-order valence-electron chi connectivity index (χ0n) is 16.3. The number of benzene rings is 2. The van der Waals surface area contributed by atoms with E-state index in [1.54, 1.807) is 16.8 Å². The van der Waals surface area contributed by atoms with Crippen LogP contribution in [0.1, 0.15) is 10.4 Å². The van der Waals surface area contributed by atoms with Gasteiger partial charge in [0.2, 0.25) is 5.91 Å². The van der Waals surface area contributed by atoms with Gasteiger partial charge in [-0.3, -0.25) is 18.7 Å². The first-order valence-electron chi connectivity index (χ1n) is 9.53. The summed E-state index contributed by atoms with van der Waals surface area (Å²) in [5.74, 6) is -0.978. The number of halogens is 2. The topological polar surface area (TPSA) is 67.6 Å². The van der Waals surface area contributed by atoms with Gasteiger partial charge in [-0.1, -0.05) is 23.7 Å². The Morgan fingerprint density at radius 3 is 2.30 bits per heavy atom. The summed E-state index contributed by atoms with van der Waals surface area (Å²) in [6.07, 6.45) is 0. The van der Waals surface area contributed by atoms with Crippen molar-refractivity contribution in [1.29, 1.82) is 0 Å². The summed E-state index contributed by atoms with van der Waals surface area (Å²) in [6, 6.07) is 11.0. The van der Waals surface area contributed by atoms with Crippen LogP contribution in [-0.2, 0) is 18.4 Å². The van der Waals surface area contributed by atoms with Gasteiger partial charge in [-0.05, 0) is 30.3 Å². The van der Waals surface area contributed by atoms with Gasteiger partial charge in [0.25, 0.3) is 5.91 Å². The molecule has 156 valence electrons. The predicted molar refractivity (Wildman–Crippen MR) is 111 cm³/mol. The Morgan fingerprint density at radius 1 is 1.00 bits per heavy atom. The second kappa shape index (κ2) is 7.95. The summed E-state index contributed by atoms with van der Waals surface area (Å²) in [5.41, 5.74) is 1.46. The summed E-state index contributed by atoms with van der Waals surface area (Å²) in [6.45, 7) is 1.31. The molecule has 0 radical (unpaired) electrons. The van der Waals surface area contributed by atoms with Crippen LogP contribution >= 0.6 is 11.6 Å². The van der Waals surface area contributed by atoms with E-state index in [0.717, 1.165) is 11.6 Å². The number of amides is 2. The van der Waals surface area contributed by atoms with Crippen molar-refractivity contribution in [2.75, 3.05) is 26.2 Å². The van der Waals surface area contributed by atoms with Crippen LogP contribution in [0, 0.1) is 5.82 Å². The molecule has 2 aromatic carbocycles. The van der Waals surface area contributed by atoms with E-state index < -0.39 is 5.82 Å². The fourth-order valence-corrected chi connectivity index (χ4v) is 3.99. The summed E-state index contributed by atoms with van der Waals surface area (Å²) < 4.78 is 16.2. The molecular formula is C21H20ClFN4O3.